The van der Waals surface area contributed by atoms with Crippen molar-refractivity contribution < 1.29 is 19.6 Å². The smallest absolute Gasteiger partial charge is 0.335 e. The minimum Gasteiger partial charge on any atom is -0.482 e. The Kier molecular flexibility index (Phi) is 6.91. The molecule has 0 spiro atoms. The highest BCUT2D eigenvalue weighted by molar-refractivity contribution is 5.87. The molecule has 0 radical (unpaired) electrons. The largest absolute Gasteiger partial charge is 0.482 e. The molecule has 5 aromatic rings. The van der Waals surface area contributed by atoms with Crippen LogP contribution < -0.4 is 10.3 Å². The van der Waals surface area contributed by atoms with Gasteiger partial charge in [0, 0.05) is 17.2 Å². The third kappa shape index (κ3) is 5.39. The molecule has 39 heavy (non-hydrogen) atoms. The van der Waals surface area contributed by atoms with E-state index in [0.717, 1.165) is 0 Å². The summed E-state index contributed by atoms with van der Waals surface area (Å²) in [5.74, 6) is -0.680. The normalized spacial score (nSPS) is 11.1. The molecule has 0 saturated heterocycles. The molecule has 0 aliphatic rings. The van der Waals surface area contributed by atoms with Crippen LogP contribution in [-0.4, -0.2) is 31.9 Å². The Balaban J connectivity index is 1.47. The summed E-state index contributed by atoms with van der Waals surface area (Å²) in [6.07, 6.45) is 1.35. The van der Waals surface area contributed by atoms with E-state index in [1.54, 1.807) is 42.5 Å². The van der Waals surface area contributed by atoms with E-state index in [0.29, 0.717) is 33.4 Å². The van der Waals surface area contributed by atoms with Gasteiger partial charge in [0.1, 0.15) is 6.61 Å². The van der Waals surface area contributed by atoms with Gasteiger partial charge in [0.2, 0.25) is 0 Å². The number of carbonyl (C=O) groups is 1. The molecule has 0 fully saturated rings. The van der Waals surface area contributed by atoms with Gasteiger partial charge in [0.15, 0.2) is 11.6 Å². The number of aromatic carboxylic acids is 1. The number of carboxylic acid groups (broad SMARTS) is 1. The predicted octanol–water partition coefficient (Wildman–Crippen LogP) is 5.13. The van der Waals surface area contributed by atoms with E-state index in [4.69, 9.17) is 9.84 Å². The molecule has 0 aliphatic heterocycles. The van der Waals surface area contributed by atoms with Crippen molar-refractivity contribution in [3.05, 3.63) is 134 Å². The fraction of sp³-hybridized carbons (Fsp3) is 0.0345. The summed E-state index contributed by atoms with van der Waals surface area (Å²) in [6, 6.07) is 26.4. The lowest BCUT2D eigenvalue weighted by Gasteiger charge is -2.10. The van der Waals surface area contributed by atoms with E-state index in [1.807, 2.05) is 30.3 Å². The van der Waals surface area contributed by atoms with E-state index in [9.17, 15) is 19.7 Å². The molecule has 4 aromatic carbocycles. The zero-order valence-electron chi connectivity index (χ0n) is 20.3. The van der Waals surface area contributed by atoms with Crippen LogP contribution in [0.25, 0.3) is 22.3 Å². The number of fused-ring (bicyclic) bond motifs is 1. The summed E-state index contributed by atoms with van der Waals surface area (Å²) >= 11 is 0. The van der Waals surface area contributed by atoms with Gasteiger partial charge in [-0.25, -0.2) is 9.78 Å². The lowest BCUT2D eigenvalue weighted by atomic mass is 10.1. The Morgan fingerprint density at radius 2 is 1.72 bits per heavy atom. The van der Waals surface area contributed by atoms with Gasteiger partial charge in [0.05, 0.1) is 27.6 Å². The summed E-state index contributed by atoms with van der Waals surface area (Å²) < 4.78 is 6.82. The molecule has 0 saturated carbocycles. The molecular weight excluding hydrogens is 500 g/mol. The van der Waals surface area contributed by atoms with Crippen LogP contribution in [-0.2, 0) is 6.61 Å². The average Bonchev–Trinajstić information content (AvgIpc) is 2.96. The lowest BCUT2D eigenvalue weighted by molar-refractivity contribution is -0.385. The van der Waals surface area contributed by atoms with Gasteiger partial charge in [0.25, 0.3) is 5.56 Å². The van der Waals surface area contributed by atoms with Crippen LogP contribution >= 0.6 is 0 Å². The molecule has 0 bridgehead atoms. The summed E-state index contributed by atoms with van der Waals surface area (Å²) in [5.41, 5.74) is 1.71. The van der Waals surface area contributed by atoms with Crippen molar-refractivity contribution in [1.82, 2.24) is 9.66 Å². The molecule has 0 atom stereocenters. The quantitative estimate of drug-likeness (QED) is 0.170. The number of para-hydroxylation sites is 1. The van der Waals surface area contributed by atoms with Crippen LogP contribution in [0.15, 0.2) is 107 Å². The van der Waals surface area contributed by atoms with Gasteiger partial charge in [-0.15, -0.1) is 0 Å². The summed E-state index contributed by atoms with van der Waals surface area (Å²) in [5, 5.41) is 25.5. The Morgan fingerprint density at radius 3 is 2.44 bits per heavy atom. The molecule has 10 nitrogen and oxygen atoms in total. The first-order valence-electron chi connectivity index (χ1n) is 11.8. The molecule has 1 N–H and O–H groups in total. The second-order valence-corrected chi connectivity index (χ2v) is 8.46. The van der Waals surface area contributed by atoms with Crippen molar-refractivity contribution in [2.45, 2.75) is 6.61 Å². The summed E-state index contributed by atoms with van der Waals surface area (Å²) in [4.78, 5) is 40.1. The number of aromatic nitrogens is 2. The van der Waals surface area contributed by atoms with Crippen molar-refractivity contribution in [3.8, 4) is 17.1 Å². The maximum Gasteiger partial charge on any atom is 0.335 e. The second kappa shape index (κ2) is 10.8. The zero-order valence-corrected chi connectivity index (χ0v) is 20.3. The van der Waals surface area contributed by atoms with Crippen molar-refractivity contribution in [1.29, 1.82) is 0 Å². The third-order valence-electron chi connectivity index (χ3n) is 5.88. The fourth-order valence-corrected chi connectivity index (χ4v) is 3.91. The topological polar surface area (TPSA) is 137 Å². The highest BCUT2D eigenvalue weighted by Gasteiger charge is 2.17. The molecule has 0 amide bonds. The number of carboxylic acids is 1. The van der Waals surface area contributed by atoms with Gasteiger partial charge >= 0.3 is 11.7 Å². The van der Waals surface area contributed by atoms with Gasteiger partial charge < -0.3 is 9.84 Å². The first kappa shape index (κ1) is 25.0. The highest BCUT2D eigenvalue weighted by Crippen LogP contribution is 2.28. The number of nitrogens with zero attached hydrogens (tertiary/aromatic N) is 4. The van der Waals surface area contributed by atoms with Crippen LogP contribution in [0.1, 0.15) is 21.5 Å². The van der Waals surface area contributed by atoms with Crippen molar-refractivity contribution in [3.63, 3.8) is 0 Å². The van der Waals surface area contributed by atoms with E-state index >= 15 is 0 Å². The number of hydrogen-bond acceptors (Lipinski definition) is 7. The molecule has 10 heteroatoms. The number of nitro benzene ring substituents is 1. The molecular formula is C29H20N4O6. The van der Waals surface area contributed by atoms with Crippen LogP contribution in [0, 0.1) is 10.1 Å². The minimum atomic E-state index is -1.05. The zero-order chi connectivity index (χ0) is 27.4. The summed E-state index contributed by atoms with van der Waals surface area (Å²) in [6.45, 7) is 0.00671. The lowest BCUT2D eigenvalue weighted by Crippen LogP contribution is -2.20. The Bertz CT molecular complexity index is 1780. The second-order valence-electron chi connectivity index (χ2n) is 8.46. The number of rotatable bonds is 8. The van der Waals surface area contributed by atoms with Gasteiger partial charge in [-0.2, -0.15) is 9.78 Å². The number of benzene rings is 4. The van der Waals surface area contributed by atoms with E-state index in [1.165, 1.54) is 35.2 Å². The molecule has 5 rings (SSSR count). The first-order chi connectivity index (χ1) is 18.9. The summed E-state index contributed by atoms with van der Waals surface area (Å²) in [7, 11) is 0. The SMILES string of the molecule is O=C(O)c1ccc(COc2ccc(C=Nn3c(-c4ccccc4)nc4ccccc4c3=O)cc2[N+](=O)[O-])cc1. The molecule has 1 heterocycles. The Hall–Kier alpha value is -5.64. The van der Waals surface area contributed by atoms with Crippen LogP contribution in [0.4, 0.5) is 5.69 Å². The van der Waals surface area contributed by atoms with Crippen molar-refractivity contribution in [2.24, 2.45) is 5.10 Å². The van der Waals surface area contributed by atoms with Gasteiger partial charge in [-0.1, -0.05) is 54.6 Å². The minimum absolute atomic E-state index is 0.00671. The van der Waals surface area contributed by atoms with Crippen LogP contribution in [0.2, 0.25) is 0 Å². The number of hydrogen-bond donors (Lipinski definition) is 1. The van der Waals surface area contributed by atoms with Crippen LogP contribution in [0.3, 0.4) is 0 Å². The number of nitro groups is 1. The maximum atomic E-state index is 13.3. The Labute approximate surface area is 221 Å². The van der Waals surface area contributed by atoms with Gasteiger partial charge in [-0.3, -0.25) is 14.9 Å². The fourth-order valence-electron chi connectivity index (χ4n) is 3.91. The first-order valence-corrected chi connectivity index (χ1v) is 11.8. The standard InChI is InChI=1S/C29H20N4O6/c34-28-23-8-4-5-9-24(23)31-27(21-6-2-1-3-7-21)32(28)30-17-20-12-15-26(25(16-20)33(37)38)39-18-19-10-13-22(14-11-19)29(35)36/h1-17H,18H2,(H,35,36). The van der Waals surface area contributed by atoms with Gasteiger partial charge in [-0.05, 0) is 42.0 Å². The van der Waals surface area contributed by atoms with Crippen LogP contribution in [0.5, 0.6) is 5.75 Å². The molecule has 0 unspecified atom stereocenters. The van der Waals surface area contributed by atoms with E-state index in [2.05, 4.69) is 10.1 Å². The van der Waals surface area contributed by atoms with Crippen molar-refractivity contribution >= 4 is 28.8 Å². The molecule has 192 valence electrons. The average molecular weight is 521 g/mol. The number of ether oxygens (including phenoxy) is 1. The van der Waals surface area contributed by atoms with E-state index in [-0.39, 0.29) is 29.2 Å². The van der Waals surface area contributed by atoms with Crippen molar-refractivity contribution in [2.75, 3.05) is 0 Å². The molecule has 0 aliphatic carbocycles. The molecule has 1 aromatic heterocycles. The predicted molar refractivity (Wildman–Crippen MR) is 145 cm³/mol. The third-order valence-corrected chi connectivity index (χ3v) is 5.88. The van der Waals surface area contributed by atoms with E-state index < -0.39 is 10.9 Å². The Morgan fingerprint density at radius 1 is 1.00 bits per heavy atom. The maximum absolute atomic E-state index is 13.3. The highest BCUT2D eigenvalue weighted by atomic mass is 16.6. The monoisotopic (exact) mass is 520 g/mol.